The van der Waals surface area contributed by atoms with E-state index in [1.165, 1.54) is 0 Å². The lowest BCUT2D eigenvalue weighted by Crippen LogP contribution is -2.12. The zero-order valence-electron chi connectivity index (χ0n) is 10.4. The first-order valence-electron chi connectivity index (χ1n) is 5.93. The molecule has 2 N–H and O–H groups in total. The van der Waals surface area contributed by atoms with Crippen LogP contribution in [0.25, 0.3) is 11.2 Å². The minimum Gasteiger partial charge on any atom is -0.370 e. The van der Waals surface area contributed by atoms with Gasteiger partial charge in [0.25, 0.3) is 0 Å². The lowest BCUT2D eigenvalue weighted by atomic mass is 10.3. The molecule has 102 valence electrons. The first kappa shape index (κ1) is 14.3. The van der Waals surface area contributed by atoms with Gasteiger partial charge in [-0.3, -0.25) is 4.79 Å². The van der Waals surface area contributed by atoms with E-state index in [1.807, 2.05) is 17.6 Å². The number of imidazole rings is 1. The van der Waals surface area contributed by atoms with E-state index in [9.17, 15) is 4.79 Å². The molecule has 1 unspecified atom stereocenters. The fraction of sp³-hybridized carbons (Fsp3) is 0.417. The van der Waals surface area contributed by atoms with Crippen LogP contribution in [0.1, 0.15) is 31.0 Å². The summed E-state index contributed by atoms with van der Waals surface area (Å²) in [5, 5.41) is -0.221. The number of fused-ring (bicyclic) bond motifs is 1. The van der Waals surface area contributed by atoms with Gasteiger partial charge in [-0.2, -0.15) is 0 Å². The maximum absolute atomic E-state index is 10.8. The highest BCUT2D eigenvalue weighted by Crippen LogP contribution is 2.25. The molecule has 0 aliphatic heterocycles. The van der Waals surface area contributed by atoms with Crippen LogP contribution >= 0.6 is 27.5 Å². The molecular formula is C12H14BrClN4O. The van der Waals surface area contributed by atoms with E-state index in [-0.39, 0.29) is 11.3 Å². The van der Waals surface area contributed by atoms with Crippen LogP contribution in [-0.4, -0.2) is 20.4 Å². The second-order valence-electron chi connectivity index (χ2n) is 4.30. The van der Waals surface area contributed by atoms with Crippen molar-refractivity contribution >= 4 is 44.6 Å². The third-order valence-electron chi connectivity index (χ3n) is 2.74. The second kappa shape index (κ2) is 5.88. The number of aryl methyl sites for hydroxylation is 1. The van der Waals surface area contributed by atoms with E-state index in [1.54, 1.807) is 6.20 Å². The van der Waals surface area contributed by atoms with Gasteiger partial charge >= 0.3 is 0 Å². The average molecular weight is 346 g/mol. The number of hydrogen-bond acceptors (Lipinski definition) is 3. The van der Waals surface area contributed by atoms with Gasteiger partial charge in [0, 0.05) is 23.6 Å². The molecule has 0 saturated carbocycles. The molecule has 5 nitrogen and oxygen atoms in total. The van der Waals surface area contributed by atoms with Crippen LogP contribution in [0.15, 0.2) is 16.7 Å². The van der Waals surface area contributed by atoms with E-state index in [0.29, 0.717) is 19.4 Å². The second-order valence-corrected chi connectivity index (χ2v) is 5.87. The molecule has 19 heavy (non-hydrogen) atoms. The lowest BCUT2D eigenvalue weighted by Gasteiger charge is -2.09. The van der Waals surface area contributed by atoms with Crippen molar-refractivity contribution in [1.82, 2.24) is 14.5 Å². The Morgan fingerprint density at radius 1 is 1.63 bits per heavy atom. The summed E-state index contributed by atoms with van der Waals surface area (Å²) >= 11 is 9.52. The molecule has 1 atom stereocenters. The molecule has 2 aromatic rings. The van der Waals surface area contributed by atoms with Gasteiger partial charge in [0.1, 0.15) is 11.3 Å². The van der Waals surface area contributed by atoms with E-state index in [4.69, 9.17) is 17.3 Å². The van der Waals surface area contributed by atoms with Crippen LogP contribution in [0.4, 0.5) is 0 Å². The quantitative estimate of drug-likeness (QED) is 0.847. The number of nitrogens with zero attached hydrogens (tertiary/aromatic N) is 3. The highest BCUT2D eigenvalue weighted by atomic mass is 79.9. The van der Waals surface area contributed by atoms with Gasteiger partial charge in [-0.1, -0.05) is 0 Å². The molecule has 1 amide bonds. The first-order chi connectivity index (χ1) is 8.99. The smallest absolute Gasteiger partial charge is 0.217 e. The normalized spacial score (nSPS) is 12.8. The molecule has 0 bridgehead atoms. The average Bonchev–Trinajstić information content (AvgIpc) is 2.67. The minimum atomic E-state index is -0.305. The Kier molecular flexibility index (Phi) is 4.42. The van der Waals surface area contributed by atoms with Gasteiger partial charge in [0.2, 0.25) is 5.91 Å². The van der Waals surface area contributed by atoms with Crippen molar-refractivity contribution in [2.45, 2.75) is 31.7 Å². The number of nitrogens with two attached hydrogens (primary N) is 1. The third-order valence-corrected chi connectivity index (χ3v) is 3.37. The maximum atomic E-state index is 10.8. The number of carbonyl (C=O) groups excluding carboxylic acids is 1. The lowest BCUT2D eigenvalue weighted by molar-refractivity contribution is -0.118. The van der Waals surface area contributed by atoms with Crippen LogP contribution in [0, 0.1) is 0 Å². The molecule has 2 heterocycles. The van der Waals surface area contributed by atoms with Gasteiger partial charge in [-0.15, -0.1) is 11.6 Å². The molecule has 2 rings (SSSR count). The highest BCUT2D eigenvalue weighted by molar-refractivity contribution is 9.10. The fourth-order valence-electron chi connectivity index (χ4n) is 1.94. The van der Waals surface area contributed by atoms with Crippen LogP contribution in [0.2, 0.25) is 0 Å². The molecule has 0 aromatic carbocycles. The molecule has 0 spiro atoms. The number of hydrogen-bond donors (Lipinski definition) is 1. The van der Waals surface area contributed by atoms with Gasteiger partial charge in [-0.25, -0.2) is 9.97 Å². The molecule has 0 fully saturated rings. The summed E-state index contributed by atoms with van der Waals surface area (Å²) in [7, 11) is 0. The van der Waals surface area contributed by atoms with Crippen LogP contribution in [0.3, 0.4) is 0 Å². The Hall–Kier alpha value is -1.14. The number of rotatable bonds is 5. The summed E-state index contributed by atoms with van der Waals surface area (Å²) in [6, 6.07) is 1.90. The standard InChI is InChI=1S/C12H14BrClN4O/c1-7(14)11-17-9-5-8(13)6-16-12(9)18(11)4-2-3-10(15)19/h5-7H,2-4H2,1H3,(H2,15,19). The molecule has 0 radical (unpaired) electrons. The Balaban J connectivity index is 2.37. The zero-order valence-corrected chi connectivity index (χ0v) is 12.8. The number of carbonyl (C=O) groups is 1. The summed E-state index contributed by atoms with van der Waals surface area (Å²) in [4.78, 5) is 19.7. The molecule has 2 aromatic heterocycles. The summed E-state index contributed by atoms with van der Waals surface area (Å²) in [5.41, 5.74) is 6.71. The van der Waals surface area contributed by atoms with Gasteiger partial charge < -0.3 is 10.3 Å². The predicted molar refractivity (Wildman–Crippen MR) is 77.9 cm³/mol. The number of amides is 1. The van der Waals surface area contributed by atoms with Crippen LogP contribution in [-0.2, 0) is 11.3 Å². The van der Waals surface area contributed by atoms with Crippen LogP contribution in [0.5, 0.6) is 0 Å². The maximum Gasteiger partial charge on any atom is 0.217 e. The zero-order chi connectivity index (χ0) is 14.0. The number of alkyl halides is 1. The van der Waals surface area contributed by atoms with Crippen LogP contribution < -0.4 is 5.73 Å². The number of aromatic nitrogens is 3. The number of pyridine rings is 1. The van der Waals surface area contributed by atoms with Gasteiger partial charge in [0.15, 0.2) is 5.65 Å². The van der Waals surface area contributed by atoms with Gasteiger partial charge in [-0.05, 0) is 35.3 Å². The van der Waals surface area contributed by atoms with Crippen molar-refractivity contribution < 1.29 is 4.79 Å². The summed E-state index contributed by atoms with van der Waals surface area (Å²) < 4.78 is 2.82. The van der Waals surface area contributed by atoms with Crippen molar-refractivity contribution in [3.63, 3.8) is 0 Å². The van der Waals surface area contributed by atoms with Gasteiger partial charge in [0.05, 0.1) is 5.38 Å². The summed E-state index contributed by atoms with van der Waals surface area (Å²) in [6.07, 6.45) is 2.71. The minimum absolute atomic E-state index is 0.221. The fourth-order valence-corrected chi connectivity index (χ4v) is 2.43. The molecule has 0 aliphatic rings. The first-order valence-corrected chi connectivity index (χ1v) is 7.16. The Morgan fingerprint density at radius 2 is 2.37 bits per heavy atom. The Bertz CT molecular complexity index is 611. The summed E-state index contributed by atoms with van der Waals surface area (Å²) in [5.74, 6) is 0.451. The van der Waals surface area contributed by atoms with E-state index in [0.717, 1.165) is 21.5 Å². The number of primary amides is 1. The van der Waals surface area contributed by atoms with E-state index < -0.39 is 0 Å². The van der Waals surface area contributed by atoms with E-state index in [2.05, 4.69) is 25.9 Å². The van der Waals surface area contributed by atoms with Crippen molar-refractivity contribution in [3.8, 4) is 0 Å². The van der Waals surface area contributed by atoms with Crippen molar-refractivity contribution in [3.05, 3.63) is 22.6 Å². The molecule has 7 heteroatoms. The highest BCUT2D eigenvalue weighted by Gasteiger charge is 2.16. The van der Waals surface area contributed by atoms with E-state index >= 15 is 0 Å². The molecule has 0 aliphatic carbocycles. The topological polar surface area (TPSA) is 73.8 Å². The molecule has 0 saturated heterocycles. The van der Waals surface area contributed by atoms with Crippen molar-refractivity contribution in [2.24, 2.45) is 5.73 Å². The molecular weight excluding hydrogens is 332 g/mol. The third kappa shape index (κ3) is 3.25. The predicted octanol–water partition coefficient (Wildman–Crippen LogP) is 2.76. The van der Waals surface area contributed by atoms with Crippen molar-refractivity contribution in [2.75, 3.05) is 0 Å². The summed E-state index contributed by atoms with van der Waals surface area (Å²) in [6.45, 7) is 2.49. The number of halogens is 2. The SMILES string of the molecule is CC(Cl)c1nc2cc(Br)cnc2n1CCCC(N)=O. The Morgan fingerprint density at radius 3 is 3.00 bits per heavy atom. The largest absolute Gasteiger partial charge is 0.370 e. The Labute approximate surface area is 124 Å². The monoisotopic (exact) mass is 344 g/mol. The van der Waals surface area contributed by atoms with Crippen molar-refractivity contribution in [1.29, 1.82) is 0 Å².